The molecule has 5 heteroatoms. The Morgan fingerprint density at radius 1 is 1.44 bits per heavy atom. The number of benzene rings is 1. The van der Waals surface area contributed by atoms with E-state index in [2.05, 4.69) is 9.97 Å². The van der Waals surface area contributed by atoms with Crippen LogP contribution >= 0.6 is 0 Å². The molecule has 1 heterocycles. The van der Waals surface area contributed by atoms with E-state index in [1.807, 2.05) is 31.2 Å². The highest BCUT2D eigenvalue weighted by atomic mass is 16.4. The van der Waals surface area contributed by atoms with Crippen molar-refractivity contribution in [3.8, 4) is 0 Å². The molecule has 2 aromatic rings. The van der Waals surface area contributed by atoms with Crippen molar-refractivity contribution in [2.24, 2.45) is 0 Å². The lowest BCUT2D eigenvalue weighted by Gasteiger charge is -2.23. The summed E-state index contributed by atoms with van der Waals surface area (Å²) in [5, 5.41) is 10.1. The van der Waals surface area contributed by atoms with E-state index >= 15 is 0 Å². The number of nitrogens with zero attached hydrogens (tertiary/aromatic N) is 3. The second-order valence-electron chi connectivity index (χ2n) is 4.10. The monoisotopic (exact) mass is 245 g/mol. The van der Waals surface area contributed by atoms with Crippen LogP contribution in [-0.2, 0) is 4.79 Å². The number of fused-ring (bicyclic) bond motifs is 1. The highest BCUT2D eigenvalue weighted by Crippen LogP contribution is 2.16. The minimum atomic E-state index is -0.864. The molecule has 0 aliphatic heterocycles. The largest absolute Gasteiger partial charge is 0.480 e. The van der Waals surface area contributed by atoms with Gasteiger partial charge in [0.15, 0.2) is 0 Å². The van der Waals surface area contributed by atoms with E-state index in [-0.39, 0.29) is 0 Å². The predicted octanol–water partition coefficient (Wildman–Crippen LogP) is 1.93. The maximum Gasteiger partial charge on any atom is 0.326 e. The Morgan fingerprint density at radius 2 is 2.17 bits per heavy atom. The van der Waals surface area contributed by atoms with Gasteiger partial charge in [-0.3, -0.25) is 0 Å². The van der Waals surface area contributed by atoms with Crippen molar-refractivity contribution < 1.29 is 9.90 Å². The van der Waals surface area contributed by atoms with Crippen LogP contribution < -0.4 is 4.90 Å². The van der Waals surface area contributed by atoms with Gasteiger partial charge < -0.3 is 10.0 Å². The smallest absolute Gasteiger partial charge is 0.326 e. The molecular formula is C13H15N3O2. The highest BCUT2D eigenvalue weighted by Gasteiger charge is 2.22. The Morgan fingerprint density at radius 3 is 2.83 bits per heavy atom. The third-order valence-corrected chi connectivity index (χ3v) is 2.93. The zero-order chi connectivity index (χ0) is 13.1. The van der Waals surface area contributed by atoms with Gasteiger partial charge in [0.25, 0.3) is 0 Å². The molecule has 1 aromatic carbocycles. The summed E-state index contributed by atoms with van der Waals surface area (Å²) in [5.74, 6) is -0.431. The van der Waals surface area contributed by atoms with Gasteiger partial charge in [-0.05, 0) is 12.5 Å². The van der Waals surface area contributed by atoms with E-state index in [1.165, 1.54) is 0 Å². The first-order valence-corrected chi connectivity index (χ1v) is 5.81. The van der Waals surface area contributed by atoms with Crippen molar-refractivity contribution in [3.63, 3.8) is 0 Å². The molecule has 0 bridgehead atoms. The minimum Gasteiger partial charge on any atom is -0.480 e. The number of aliphatic carboxylic acids is 1. The van der Waals surface area contributed by atoms with Crippen LogP contribution in [0.15, 0.2) is 30.5 Å². The molecule has 1 N–H and O–H groups in total. The number of rotatable bonds is 4. The van der Waals surface area contributed by atoms with E-state index in [9.17, 15) is 4.79 Å². The summed E-state index contributed by atoms with van der Waals surface area (Å²) in [5.41, 5.74) is 0.814. The standard InChI is InChI=1S/C13H15N3O2/c1-3-11(12(17)18)16(2)13-14-8-9-6-4-5-7-10(9)15-13/h4-8,11H,3H2,1-2H3,(H,17,18). The van der Waals surface area contributed by atoms with Crippen molar-refractivity contribution in [2.75, 3.05) is 11.9 Å². The van der Waals surface area contributed by atoms with Crippen LogP contribution in [0, 0.1) is 0 Å². The number of anilines is 1. The maximum atomic E-state index is 11.1. The quantitative estimate of drug-likeness (QED) is 0.891. The molecule has 94 valence electrons. The SMILES string of the molecule is CCC(C(=O)O)N(C)c1ncc2ccccc2n1. The fourth-order valence-electron chi connectivity index (χ4n) is 1.89. The fraction of sp³-hybridized carbons (Fsp3) is 0.308. The number of carboxylic acids is 1. The van der Waals surface area contributed by atoms with Crippen LogP contribution in [0.25, 0.3) is 10.9 Å². The molecule has 18 heavy (non-hydrogen) atoms. The number of para-hydroxylation sites is 1. The Hall–Kier alpha value is -2.17. The van der Waals surface area contributed by atoms with Gasteiger partial charge in [-0.2, -0.15) is 0 Å². The van der Waals surface area contributed by atoms with Gasteiger partial charge in [-0.15, -0.1) is 0 Å². The molecule has 5 nitrogen and oxygen atoms in total. The molecule has 0 saturated carbocycles. The van der Waals surface area contributed by atoms with Crippen LogP contribution in [0.2, 0.25) is 0 Å². The maximum absolute atomic E-state index is 11.1. The number of carboxylic acid groups (broad SMARTS) is 1. The molecule has 2 rings (SSSR count). The van der Waals surface area contributed by atoms with Crippen molar-refractivity contribution in [1.82, 2.24) is 9.97 Å². The summed E-state index contributed by atoms with van der Waals surface area (Å²) in [6.07, 6.45) is 2.21. The van der Waals surface area contributed by atoms with Crippen LogP contribution in [0.3, 0.4) is 0 Å². The van der Waals surface area contributed by atoms with Crippen LogP contribution in [0.4, 0.5) is 5.95 Å². The van der Waals surface area contributed by atoms with E-state index in [4.69, 9.17) is 5.11 Å². The zero-order valence-corrected chi connectivity index (χ0v) is 10.4. The average molecular weight is 245 g/mol. The lowest BCUT2D eigenvalue weighted by Crippen LogP contribution is -2.38. The van der Waals surface area contributed by atoms with E-state index in [1.54, 1.807) is 18.1 Å². The van der Waals surface area contributed by atoms with Crippen molar-refractivity contribution in [1.29, 1.82) is 0 Å². The summed E-state index contributed by atoms with van der Waals surface area (Å²) in [4.78, 5) is 21.3. The topological polar surface area (TPSA) is 66.3 Å². The summed E-state index contributed by atoms with van der Waals surface area (Å²) < 4.78 is 0. The fourth-order valence-corrected chi connectivity index (χ4v) is 1.89. The third-order valence-electron chi connectivity index (χ3n) is 2.93. The third kappa shape index (κ3) is 2.25. The van der Waals surface area contributed by atoms with Crippen molar-refractivity contribution in [2.45, 2.75) is 19.4 Å². The molecule has 1 aromatic heterocycles. The molecule has 1 atom stereocenters. The number of hydrogen-bond donors (Lipinski definition) is 1. The van der Waals surface area contributed by atoms with Gasteiger partial charge in [-0.25, -0.2) is 14.8 Å². The molecule has 0 radical (unpaired) electrons. The molecular weight excluding hydrogens is 230 g/mol. The number of hydrogen-bond acceptors (Lipinski definition) is 4. The number of aromatic nitrogens is 2. The Kier molecular flexibility index (Phi) is 3.41. The predicted molar refractivity (Wildman–Crippen MR) is 69.7 cm³/mol. The Bertz CT molecular complexity index is 571. The summed E-state index contributed by atoms with van der Waals surface area (Å²) in [6.45, 7) is 1.83. The van der Waals surface area contributed by atoms with Gasteiger partial charge in [0, 0.05) is 18.6 Å². The lowest BCUT2D eigenvalue weighted by molar-refractivity contribution is -0.138. The van der Waals surface area contributed by atoms with Gasteiger partial charge in [0.2, 0.25) is 5.95 Å². The van der Waals surface area contributed by atoms with Crippen LogP contribution in [0.5, 0.6) is 0 Å². The Labute approximate surface area is 105 Å². The molecule has 0 fully saturated rings. The van der Waals surface area contributed by atoms with Gasteiger partial charge in [0.1, 0.15) is 6.04 Å². The second-order valence-corrected chi connectivity index (χ2v) is 4.10. The first-order chi connectivity index (χ1) is 8.63. The first-order valence-electron chi connectivity index (χ1n) is 5.81. The van der Waals surface area contributed by atoms with Gasteiger partial charge >= 0.3 is 5.97 Å². The minimum absolute atomic E-state index is 0.433. The number of likely N-dealkylation sites (N-methyl/N-ethyl adjacent to an activating group) is 1. The van der Waals surface area contributed by atoms with Crippen LogP contribution in [0.1, 0.15) is 13.3 Å². The molecule has 0 aliphatic rings. The summed E-state index contributed by atoms with van der Waals surface area (Å²) in [6, 6.07) is 7.02. The molecule has 1 unspecified atom stereocenters. The van der Waals surface area contributed by atoms with E-state index in [0.717, 1.165) is 10.9 Å². The van der Waals surface area contributed by atoms with E-state index in [0.29, 0.717) is 12.4 Å². The average Bonchev–Trinajstić information content (AvgIpc) is 2.38. The lowest BCUT2D eigenvalue weighted by atomic mass is 10.2. The first kappa shape index (κ1) is 12.3. The summed E-state index contributed by atoms with van der Waals surface area (Å²) >= 11 is 0. The van der Waals surface area contributed by atoms with Crippen LogP contribution in [-0.4, -0.2) is 34.1 Å². The highest BCUT2D eigenvalue weighted by molar-refractivity contribution is 5.80. The molecule has 0 aliphatic carbocycles. The summed E-state index contributed by atoms with van der Waals surface area (Å²) in [7, 11) is 1.70. The molecule has 0 saturated heterocycles. The zero-order valence-electron chi connectivity index (χ0n) is 10.4. The van der Waals surface area contributed by atoms with Gasteiger partial charge in [-0.1, -0.05) is 25.1 Å². The number of carbonyl (C=O) groups is 1. The second kappa shape index (κ2) is 5.00. The van der Waals surface area contributed by atoms with Crippen molar-refractivity contribution in [3.05, 3.63) is 30.5 Å². The van der Waals surface area contributed by atoms with Crippen molar-refractivity contribution >= 4 is 22.8 Å². The normalized spacial score (nSPS) is 12.3. The molecule has 0 spiro atoms. The van der Waals surface area contributed by atoms with Gasteiger partial charge in [0.05, 0.1) is 5.52 Å². The Balaban J connectivity index is 2.38. The molecule has 0 amide bonds. The van der Waals surface area contributed by atoms with E-state index < -0.39 is 12.0 Å².